The van der Waals surface area contributed by atoms with Crippen molar-refractivity contribution in [1.82, 2.24) is 0 Å². The van der Waals surface area contributed by atoms with Crippen LogP contribution in [0.15, 0.2) is 0 Å². The fourth-order valence-corrected chi connectivity index (χ4v) is 18.6. The molecule has 0 N–H and O–H groups in total. The van der Waals surface area contributed by atoms with Crippen LogP contribution < -0.4 is 28.2 Å². The second-order valence-corrected chi connectivity index (χ2v) is 18.3. The second kappa shape index (κ2) is 11.4. The average molecular weight is 680 g/mol. The monoisotopic (exact) mass is 678 g/mol. The van der Waals surface area contributed by atoms with Gasteiger partial charge in [0.25, 0.3) is 0 Å². The third-order valence-corrected chi connectivity index (χ3v) is 18.3. The Labute approximate surface area is 248 Å². The molecule has 0 nitrogen and oxygen atoms in total. The summed E-state index contributed by atoms with van der Waals surface area (Å²) in [4.78, 5) is 0. The van der Waals surface area contributed by atoms with Crippen LogP contribution in [0.1, 0.15) is 120 Å². The zero-order valence-corrected chi connectivity index (χ0v) is 28.3. The first-order valence-electron chi connectivity index (χ1n) is 14.1. The maximum absolute atomic E-state index is 2.73. The average Bonchev–Trinajstić information content (AvgIpc) is 3.48. The summed E-state index contributed by atoms with van der Waals surface area (Å²) in [7, 11) is 0.571. The normalized spacial score (nSPS) is 47.6. The van der Waals surface area contributed by atoms with E-state index < -0.39 is 0 Å². The Morgan fingerprint density at radius 2 is 0.632 bits per heavy atom. The SMILES string of the molecule is CC1CCC2C(C)(C)C2([S+](C23CC(C)CCC2C3(C)C)[C@]23CC(C)CCC2C3(C)C)C1.[F-].[F-].[F-].[F-].[F-].[F-].[Sb+5]. The minimum atomic E-state index is 0. The predicted octanol–water partition coefficient (Wildman–Crippen LogP) is -10.1. The number of halogens is 6. The van der Waals surface area contributed by atoms with Crippen LogP contribution in [0.3, 0.4) is 0 Å². The molecule has 6 saturated carbocycles. The molecule has 6 aliphatic rings. The molecular weight excluding hydrogens is 628 g/mol. The molecule has 0 bridgehead atoms. The zero-order valence-electron chi connectivity index (χ0n) is 25.0. The molecule has 0 aromatic rings. The Bertz CT molecular complexity index is 718. The summed E-state index contributed by atoms with van der Waals surface area (Å²) >= 11 is 0. The third-order valence-electron chi connectivity index (χ3n) is 13.2. The van der Waals surface area contributed by atoms with Gasteiger partial charge in [-0.3, -0.25) is 0 Å². The maximum Gasteiger partial charge on any atom is 5.00 e. The molecule has 0 saturated heterocycles. The van der Waals surface area contributed by atoms with Crippen LogP contribution >= 0.6 is 0 Å². The van der Waals surface area contributed by atoms with Gasteiger partial charge in [0.05, 0.1) is 0 Å². The van der Waals surface area contributed by atoms with Crippen molar-refractivity contribution in [1.29, 1.82) is 0 Å². The first kappa shape index (κ1) is 40.9. The number of hydrogen-bond donors (Lipinski definition) is 0. The van der Waals surface area contributed by atoms with E-state index in [4.69, 9.17) is 0 Å². The number of fused-ring (bicyclic) bond motifs is 3. The van der Waals surface area contributed by atoms with Crippen LogP contribution in [-0.4, -0.2) is 38.7 Å². The molecule has 0 spiro atoms. The molecule has 9 atom stereocenters. The molecule has 6 rings (SSSR count). The van der Waals surface area contributed by atoms with Crippen molar-refractivity contribution in [3.05, 3.63) is 0 Å². The summed E-state index contributed by atoms with van der Waals surface area (Å²) in [5.41, 5.74) is 1.74. The molecule has 0 aromatic heterocycles. The molecule has 8 heteroatoms. The second-order valence-electron chi connectivity index (χ2n) is 15.5. The van der Waals surface area contributed by atoms with Crippen molar-refractivity contribution < 1.29 is 28.2 Å². The Hall–Kier alpha value is 0.748. The Kier molecular flexibility index (Phi) is 12.3. The van der Waals surface area contributed by atoms with Crippen molar-refractivity contribution in [3.63, 3.8) is 0 Å². The molecule has 0 amide bonds. The Morgan fingerprint density at radius 1 is 0.421 bits per heavy atom. The zero-order chi connectivity index (χ0) is 22.4. The summed E-state index contributed by atoms with van der Waals surface area (Å²) in [6, 6.07) is 0. The van der Waals surface area contributed by atoms with Crippen LogP contribution in [0.4, 0.5) is 0 Å². The van der Waals surface area contributed by atoms with E-state index in [0.717, 1.165) is 35.5 Å². The van der Waals surface area contributed by atoms with Crippen LogP contribution in [0.25, 0.3) is 0 Å². The van der Waals surface area contributed by atoms with Crippen molar-refractivity contribution in [3.8, 4) is 0 Å². The van der Waals surface area contributed by atoms with E-state index in [9.17, 15) is 0 Å². The van der Waals surface area contributed by atoms with Gasteiger partial charge in [0.15, 0.2) is 0 Å². The molecule has 6 fully saturated rings. The topological polar surface area (TPSA) is 0 Å². The van der Waals surface area contributed by atoms with E-state index >= 15 is 0 Å². The smallest absolute Gasteiger partial charge is 1.00 e. The van der Waals surface area contributed by atoms with Gasteiger partial charge in [0.1, 0.15) is 14.2 Å². The van der Waals surface area contributed by atoms with Gasteiger partial charge in [-0.1, -0.05) is 81.6 Å². The molecule has 6 aliphatic carbocycles. The van der Waals surface area contributed by atoms with Gasteiger partial charge in [-0.05, 0) is 37.0 Å². The van der Waals surface area contributed by atoms with Gasteiger partial charge in [-0.25, -0.2) is 0 Å². The Morgan fingerprint density at radius 3 is 0.842 bits per heavy atom. The van der Waals surface area contributed by atoms with E-state index in [1.165, 1.54) is 38.5 Å². The van der Waals surface area contributed by atoms with Crippen molar-refractivity contribution in [2.45, 2.75) is 134 Å². The van der Waals surface area contributed by atoms with E-state index in [1.54, 1.807) is 19.3 Å². The maximum atomic E-state index is 2.73. The summed E-state index contributed by atoms with van der Waals surface area (Å²) in [6.07, 6.45) is 13.8. The standard InChI is InChI=1S/C30H51S.6FH.Sb/c1-19-10-13-22-25(4,5)28(22,16-19)31(29-17-20(2)11-14-23(29)26(29,6)7)30-18-21(3)12-15-24(30)27(30,8)9;;;;;;;/h19-24H,10-18H2,1-9H3;6*1H;/q+1;;;;;;;+5/p-6/t19?,20?,21?,22?,23?,24?,28-,29?,30?,31?;;;;;;;/m1......./s1. The summed E-state index contributed by atoms with van der Waals surface area (Å²) < 4.78 is 1.99. The molecule has 0 aromatic carbocycles. The van der Waals surface area contributed by atoms with Gasteiger partial charge < -0.3 is 28.2 Å². The molecule has 224 valence electrons. The van der Waals surface area contributed by atoms with Gasteiger partial charge in [0, 0.05) is 64.2 Å². The van der Waals surface area contributed by atoms with Gasteiger partial charge in [0.2, 0.25) is 0 Å². The van der Waals surface area contributed by atoms with Crippen LogP contribution in [0.5, 0.6) is 0 Å². The summed E-state index contributed by atoms with van der Waals surface area (Å²) in [5, 5.41) is 0. The minimum absolute atomic E-state index is 0. The van der Waals surface area contributed by atoms with E-state index in [1.807, 2.05) is 0 Å². The molecule has 0 radical (unpaired) electrons. The minimum Gasteiger partial charge on any atom is -1.00 e. The van der Waals surface area contributed by atoms with Crippen LogP contribution in [0.2, 0.25) is 0 Å². The van der Waals surface area contributed by atoms with E-state index in [0.29, 0.717) is 41.4 Å². The first-order chi connectivity index (χ1) is 14.3. The van der Waals surface area contributed by atoms with Crippen LogP contribution in [0, 0.1) is 51.8 Å². The Balaban J connectivity index is 0. The molecule has 8 unspecified atom stereocenters. The molecule has 0 aliphatic heterocycles. The number of rotatable bonds is 3. The van der Waals surface area contributed by atoms with Gasteiger partial charge in [-0.2, -0.15) is 0 Å². The summed E-state index contributed by atoms with van der Waals surface area (Å²) in [6.45, 7) is 24.2. The molecular formula is C30H51F6SSb. The predicted molar refractivity (Wildman–Crippen MR) is 142 cm³/mol. The fraction of sp³-hybridized carbons (Fsp3) is 1.00. The molecule has 38 heavy (non-hydrogen) atoms. The van der Waals surface area contributed by atoms with Crippen molar-refractivity contribution in [2.75, 3.05) is 0 Å². The van der Waals surface area contributed by atoms with Crippen LogP contribution in [-0.2, 0) is 10.9 Å². The molecule has 0 heterocycles. The largest absolute Gasteiger partial charge is 5.00 e. The van der Waals surface area contributed by atoms with Gasteiger partial charge in [-0.15, -0.1) is 0 Å². The van der Waals surface area contributed by atoms with Crippen molar-refractivity contribution in [2.24, 2.45) is 51.8 Å². The number of hydrogen-bond acceptors (Lipinski definition) is 0. The van der Waals surface area contributed by atoms with Gasteiger partial charge >= 0.3 is 24.4 Å². The summed E-state index contributed by atoms with van der Waals surface area (Å²) in [5.74, 6) is 5.90. The van der Waals surface area contributed by atoms with E-state index in [2.05, 4.69) is 62.3 Å². The van der Waals surface area contributed by atoms with Crippen molar-refractivity contribution >= 4 is 35.3 Å². The van der Waals surface area contributed by atoms with E-state index in [-0.39, 0.29) is 52.7 Å². The fourth-order valence-electron chi connectivity index (χ4n) is 11.4. The third kappa shape index (κ3) is 4.20. The quantitative estimate of drug-likeness (QED) is 0.158. The first-order valence-corrected chi connectivity index (χ1v) is 15.3.